The fourth-order valence-corrected chi connectivity index (χ4v) is 8.87. The SMILES string of the molecule is COC(=O)CC1(OC)CCC(c2nc3c(-c4ccc(-c5ccccc5)nc4)cnn3c(N(COCC[Si](C)(C)C)COCC[Si](C)(C)C)c2Br)CC1. The van der Waals surface area contributed by atoms with Crippen molar-refractivity contribution in [1.82, 2.24) is 19.6 Å². The van der Waals surface area contributed by atoms with Crippen LogP contribution in [0.5, 0.6) is 0 Å². The average Bonchev–Trinajstić information content (AvgIpc) is 3.54. The van der Waals surface area contributed by atoms with Gasteiger partial charge in [-0.2, -0.15) is 9.61 Å². The Kier molecular flexibility index (Phi) is 13.5. The molecule has 1 fully saturated rings. The summed E-state index contributed by atoms with van der Waals surface area (Å²) >= 11 is 4.04. The molecule has 10 nitrogen and oxygen atoms in total. The van der Waals surface area contributed by atoms with E-state index in [4.69, 9.17) is 34.0 Å². The van der Waals surface area contributed by atoms with Gasteiger partial charge in [0.25, 0.3) is 0 Å². The highest BCUT2D eigenvalue weighted by Crippen LogP contribution is 2.45. The van der Waals surface area contributed by atoms with Crippen LogP contribution >= 0.6 is 15.9 Å². The molecule has 1 aromatic carbocycles. The van der Waals surface area contributed by atoms with E-state index in [9.17, 15) is 4.79 Å². The third-order valence-electron chi connectivity index (χ3n) is 9.93. The number of rotatable bonds is 17. The standard InChI is InChI=1S/C39H56BrN5O5Si2/c1-47-34(46)24-39(48-2)18-16-30(17-19-39)36-35(40)38(44(27-49-20-22-51(3,4)5)28-50-21-23-52(6,7)8)45-37(43-36)32(26-42-45)31-14-15-33(41-25-31)29-12-10-9-11-13-29/h9-15,25-26,30H,16-24,27-28H2,1-8H3. The van der Waals surface area contributed by atoms with Crippen LogP contribution in [0.4, 0.5) is 5.82 Å². The van der Waals surface area contributed by atoms with Gasteiger partial charge < -0.3 is 23.8 Å². The normalized spacial score (nSPS) is 18.1. The number of methoxy groups -OCH3 is 2. The Labute approximate surface area is 319 Å². The van der Waals surface area contributed by atoms with E-state index in [1.165, 1.54) is 7.11 Å². The molecule has 0 aliphatic heterocycles. The molecule has 13 heteroatoms. The zero-order valence-corrected chi connectivity index (χ0v) is 35.8. The first-order valence-electron chi connectivity index (χ1n) is 18.3. The van der Waals surface area contributed by atoms with Crippen molar-refractivity contribution in [3.8, 4) is 22.4 Å². The first-order chi connectivity index (χ1) is 24.7. The van der Waals surface area contributed by atoms with Gasteiger partial charge in [0.05, 0.1) is 41.2 Å². The zero-order chi connectivity index (χ0) is 37.5. The van der Waals surface area contributed by atoms with Crippen LogP contribution in [0.25, 0.3) is 28.0 Å². The van der Waals surface area contributed by atoms with Crippen LogP contribution in [0.2, 0.25) is 51.4 Å². The molecule has 3 aromatic heterocycles. The van der Waals surface area contributed by atoms with Crippen LogP contribution in [0, 0.1) is 0 Å². The number of benzene rings is 1. The maximum atomic E-state index is 12.3. The van der Waals surface area contributed by atoms with Crippen LogP contribution in [0.3, 0.4) is 0 Å². The molecule has 282 valence electrons. The lowest BCUT2D eigenvalue weighted by molar-refractivity contribution is -0.149. The second-order valence-electron chi connectivity index (χ2n) is 16.4. The van der Waals surface area contributed by atoms with E-state index in [2.05, 4.69) is 78.3 Å². The Hall–Kier alpha value is -2.95. The largest absolute Gasteiger partial charge is 0.469 e. The van der Waals surface area contributed by atoms with Gasteiger partial charge in [-0.05, 0) is 59.8 Å². The first kappa shape index (κ1) is 40.2. The molecular weight excluding hydrogens is 755 g/mol. The van der Waals surface area contributed by atoms with Crippen molar-refractivity contribution in [2.24, 2.45) is 0 Å². The second-order valence-corrected chi connectivity index (χ2v) is 28.4. The van der Waals surface area contributed by atoms with Crippen molar-refractivity contribution in [1.29, 1.82) is 0 Å². The molecule has 0 saturated heterocycles. The Morgan fingerprint density at radius 1 is 0.904 bits per heavy atom. The van der Waals surface area contributed by atoms with E-state index in [0.29, 0.717) is 26.7 Å². The molecule has 5 rings (SSSR count). The average molecular weight is 811 g/mol. The summed E-state index contributed by atoms with van der Waals surface area (Å²) in [5.41, 5.74) is 4.96. The Morgan fingerprint density at radius 2 is 1.54 bits per heavy atom. The third kappa shape index (κ3) is 10.4. The number of pyridine rings is 1. The summed E-state index contributed by atoms with van der Waals surface area (Å²) < 4.78 is 26.5. The van der Waals surface area contributed by atoms with E-state index in [0.717, 1.165) is 81.8 Å². The van der Waals surface area contributed by atoms with Crippen molar-refractivity contribution in [2.45, 2.75) is 95.0 Å². The highest BCUT2D eigenvalue weighted by atomic mass is 79.9. The lowest BCUT2D eigenvalue weighted by Gasteiger charge is -2.38. The quantitative estimate of drug-likeness (QED) is 0.0447. The smallest absolute Gasteiger partial charge is 0.308 e. The number of carbonyl (C=O) groups is 1. The van der Waals surface area contributed by atoms with Gasteiger partial charge in [-0.3, -0.25) is 9.78 Å². The Balaban J connectivity index is 1.55. The lowest BCUT2D eigenvalue weighted by atomic mass is 9.75. The summed E-state index contributed by atoms with van der Waals surface area (Å²) in [7, 11) is 0.549. The summed E-state index contributed by atoms with van der Waals surface area (Å²) in [6, 6.07) is 16.5. The van der Waals surface area contributed by atoms with Gasteiger partial charge in [-0.15, -0.1) is 0 Å². The van der Waals surface area contributed by atoms with Gasteiger partial charge in [0, 0.05) is 65.3 Å². The molecule has 0 spiro atoms. The number of aromatic nitrogens is 4. The number of hydrogen-bond acceptors (Lipinski definition) is 9. The number of ether oxygens (including phenoxy) is 4. The molecule has 0 amide bonds. The molecule has 1 aliphatic rings. The summed E-state index contributed by atoms with van der Waals surface area (Å²) in [4.78, 5) is 24.7. The summed E-state index contributed by atoms with van der Waals surface area (Å²) in [5, 5.41) is 4.94. The minimum atomic E-state index is -1.29. The Bertz CT molecular complexity index is 1750. The maximum Gasteiger partial charge on any atom is 0.308 e. The highest BCUT2D eigenvalue weighted by molar-refractivity contribution is 9.10. The van der Waals surface area contributed by atoms with Gasteiger partial charge in [0.1, 0.15) is 13.5 Å². The summed E-state index contributed by atoms with van der Waals surface area (Å²) in [6.07, 6.45) is 7.08. The van der Waals surface area contributed by atoms with E-state index in [1.54, 1.807) is 7.11 Å². The molecule has 3 heterocycles. The van der Waals surface area contributed by atoms with E-state index in [-0.39, 0.29) is 18.3 Å². The zero-order valence-electron chi connectivity index (χ0n) is 32.2. The predicted molar refractivity (Wildman–Crippen MR) is 217 cm³/mol. The number of fused-ring (bicyclic) bond motifs is 1. The van der Waals surface area contributed by atoms with E-state index >= 15 is 0 Å². The summed E-state index contributed by atoms with van der Waals surface area (Å²) in [6.45, 7) is 16.3. The van der Waals surface area contributed by atoms with Crippen LogP contribution in [-0.4, -0.2) is 88.2 Å². The molecule has 1 aliphatic carbocycles. The van der Waals surface area contributed by atoms with E-state index < -0.39 is 21.7 Å². The predicted octanol–water partition coefficient (Wildman–Crippen LogP) is 9.26. The van der Waals surface area contributed by atoms with Gasteiger partial charge in [-0.1, -0.05) is 75.7 Å². The molecular formula is C39H56BrN5O5Si2. The maximum absolute atomic E-state index is 12.3. The van der Waals surface area contributed by atoms with Crippen molar-refractivity contribution < 1.29 is 23.7 Å². The number of esters is 1. The minimum Gasteiger partial charge on any atom is -0.469 e. The molecule has 0 atom stereocenters. The number of halogens is 1. The van der Waals surface area contributed by atoms with Crippen molar-refractivity contribution in [3.63, 3.8) is 0 Å². The highest BCUT2D eigenvalue weighted by Gasteiger charge is 2.40. The molecule has 0 bridgehead atoms. The molecule has 0 N–H and O–H groups in total. The fraction of sp³-hybridized carbons (Fsp3) is 0.538. The van der Waals surface area contributed by atoms with E-state index in [1.807, 2.05) is 41.2 Å². The van der Waals surface area contributed by atoms with Gasteiger partial charge >= 0.3 is 5.97 Å². The monoisotopic (exact) mass is 809 g/mol. The molecule has 4 aromatic rings. The van der Waals surface area contributed by atoms with Crippen molar-refractivity contribution >= 4 is 49.5 Å². The van der Waals surface area contributed by atoms with Gasteiger partial charge in [0.15, 0.2) is 11.5 Å². The number of anilines is 1. The van der Waals surface area contributed by atoms with Crippen LogP contribution in [-0.2, 0) is 23.7 Å². The number of carbonyl (C=O) groups excluding carboxylic acids is 1. The van der Waals surface area contributed by atoms with Crippen LogP contribution < -0.4 is 4.90 Å². The first-order valence-corrected chi connectivity index (χ1v) is 26.5. The Morgan fingerprint density at radius 3 is 2.08 bits per heavy atom. The van der Waals surface area contributed by atoms with Gasteiger partial charge in [0.2, 0.25) is 0 Å². The molecule has 52 heavy (non-hydrogen) atoms. The van der Waals surface area contributed by atoms with Crippen molar-refractivity contribution in [2.75, 3.05) is 45.8 Å². The third-order valence-corrected chi connectivity index (χ3v) is 14.1. The molecule has 1 saturated carbocycles. The number of nitrogens with zero attached hydrogens (tertiary/aromatic N) is 5. The fourth-order valence-electron chi connectivity index (χ4n) is 6.53. The van der Waals surface area contributed by atoms with Crippen LogP contribution in [0.1, 0.15) is 43.7 Å². The van der Waals surface area contributed by atoms with Crippen LogP contribution in [0.15, 0.2) is 59.3 Å². The second kappa shape index (κ2) is 17.5. The molecule has 0 radical (unpaired) electrons. The number of hydrogen-bond donors (Lipinski definition) is 0. The summed E-state index contributed by atoms with van der Waals surface area (Å²) in [5.74, 6) is 0.722. The minimum absolute atomic E-state index is 0.128. The van der Waals surface area contributed by atoms with Crippen molar-refractivity contribution in [3.05, 3.63) is 65.0 Å². The lowest BCUT2D eigenvalue weighted by Crippen LogP contribution is -2.38. The molecule has 0 unspecified atom stereocenters. The van der Waals surface area contributed by atoms with Gasteiger partial charge in [-0.25, -0.2) is 4.98 Å². The topological polar surface area (TPSA) is 100 Å².